The van der Waals surface area contributed by atoms with Gasteiger partial charge in [0.25, 0.3) is 5.91 Å². The molecule has 5 nitrogen and oxygen atoms in total. The van der Waals surface area contributed by atoms with Crippen molar-refractivity contribution in [3.63, 3.8) is 0 Å². The number of rotatable bonds is 8. The normalized spacial score (nSPS) is 10.4. The van der Waals surface area contributed by atoms with Gasteiger partial charge in [-0.3, -0.25) is 4.79 Å². The van der Waals surface area contributed by atoms with Crippen LogP contribution in [0.4, 0.5) is 11.6 Å². The van der Waals surface area contributed by atoms with Gasteiger partial charge in [0.2, 0.25) is 5.95 Å². The molecule has 0 atom stereocenters. The lowest BCUT2D eigenvalue weighted by Crippen LogP contribution is -2.14. The van der Waals surface area contributed by atoms with Gasteiger partial charge < -0.3 is 10.6 Å². The van der Waals surface area contributed by atoms with Crippen LogP contribution in [0.25, 0.3) is 0 Å². The fourth-order valence-electron chi connectivity index (χ4n) is 2.82. The molecular formula is C22H24N4O. The number of aromatic nitrogens is 2. The van der Waals surface area contributed by atoms with E-state index in [9.17, 15) is 4.79 Å². The van der Waals surface area contributed by atoms with Gasteiger partial charge in [0.15, 0.2) is 0 Å². The summed E-state index contributed by atoms with van der Waals surface area (Å²) in [7, 11) is 0. The Labute approximate surface area is 159 Å². The maximum atomic E-state index is 12.4. The van der Waals surface area contributed by atoms with E-state index < -0.39 is 0 Å². The van der Waals surface area contributed by atoms with E-state index in [1.807, 2.05) is 30.3 Å². The van der Waals surface area contributed by atoms with Crippen molar-refractivity contribution in [3.8, 4) is 0 Å². The summed E-state index contributed by atoms with van der Waals surface area (Å²) in [5, 5.41) is 6.12. The molecule has 27 heavy (non-hydrogen) atoms. The van der Waals surface area contributed by atoms with Gasteiger partial charge in [-0.2, -0.15) is 0 Å². The molecule has 3 aromatic rings. The molecule has 1 amide bonds. The van der Waals surface area contributed by atoms with Gasteiger partial charge in [-0.25, -0.2) is 9.97 Å². The third-order valence-corrected chi connectivity index (χ3v) is 4.33. The number of hydrogen-bond acceptors (Lipinski definition) is 4. The van der Waals surface area contributed by atoms with Gasteiger partial charge in [-0.05, 0) is 36.5 Å². The van der Waals surface area contributed by atoms with Crippen molar-refractivity contribution < 1.29 is 4.79 Å². The number of aryl methyl sites for hydroxylation is 2. The number of nitrogens with zero attached hydrogens (tertiary/aromatic N) is 2. The number of amides is 1. The Hall–Kier alpha value is -3.21. The summed E-state index contributed by atoms with van der Waals surface area (Å²) in [5.74, 6) is 0.333. The summed E-state index contributed by atoms with van der Waals surface area (Å²) in [4.78, 5) is 20.9. The van der Waals surface area contributed by atoms with E-state index in [0.717, 1.165) is 37.1 Å². The van der Waals surface area contributed by atoms with E-state index in [1.54, 1.807) is 12.4 Å². The molecule has 138 valence electrons. The average Bonchev–Trinajstić information content (AvgIpc) is 2.73. The highest BCUT2D eigenvalue weighted by Crippen LogP contribution is 2.16. The molecule has 0 unspecified atom stereocenters. The molecule has 0 radical (unpaired) electrons. The van der Waals surface area contributed by atoms with Gasteiger partial charge in [0.05, 0.1) is 5.56 Å². The van der Waals surface area contributed by atoms with Crippen LogP contribution >= 0.6 is 0 Å². The number of benzene rings is 2. The van der Waals surface area contributed by atoms with E-state index in [0.29, 0.717) is 11.5 Å². The lowest BCUT2D eigenvalue weighted by Gasteiger charge is -2.10. The van der Waals surface area contributed by atoms with E-state index in [1.165, 1.54) is 5.56 Å². The van der Waals surface area contributed by atoms with Crippen LogP contribution in [-0.4, -0.2) is 22.4 Å². The fourth-order valence-corrected chi connectivity index (χ4v) is 2.82. The molecule has 5 heteroatoms. The standard InChI is InChI=1S/C22H24N4O/c1-2-18-12-6-7-13-20(18)26-21(27)19-15-24-22(25-16-19)23-14-8-11-17-9-4-3-5-10-17/h3-7,9-10,12-13,15-16H,2,8,11,14H2,1H3,(H,26,27)(H,23,24,25). The molecule has 3 rings (SSSR count). The van der Waals surface area contributed by atoms with Crippen LogP contribution in [0.5, 0.6) is 0 Å². The fraction of sp³-hybridized carbons (Fsp3) is 0.227. The molecule has 0 aliphatic heterocycles. The van der Waals surface area contributed by atoms with Crippen molar-refractivity contribution in [1.29, 1.82) is 0 Å². The quantitative estimate of drug-likeness (QED) is 0.587. The maximum absolute atomic E-state index is 12.4. The average molecular weight is 360 g/mol. The molecule has 1 aromatic heterocycles. The number of hydrogen-bond donors (Lipinski definition) is 2. The molecule has 0 aliphatic rings. The highest BCUT2D eigenvalue weighted by atomic mass is 16.1. The summed E-state index contributed by atoms with van der Waals surface area (Å²) in [6.07, 6.45) is 5.96. The second-order valence-corrected chi connectivity index (χ2v) is 6.28. The molecular weight excluding hydrogens is 336 g/mol. The summed E-state index contributed by atoms with van der Waals surface area (Å²) in [5.41, 5.74) is 3.69. The maximum Gasteiger partial charge on any atom is 0.258 e. The smallest absolute Gasteiger partial charge is 0.258 e. The number of nitrogens with one attached hydrogen (secondary N) is 2. The lowest BCUT2D eigenvalue weighted by molar-refractivity contribution is 0.102. The van der Waals surface area contributed by atoms with Crippen LogP contribution in [-0.2, 0) is 12.8 Å². The van der Waals surface area contributed by atoms with Crippen LogP contribution in [0.3, 0.4) is 0 Å². The molecule has 1 heterocycles. The summed E-state index contributed by atoms with van der Waals surface area (Å²) >= 11 is 0. The molecule has 2 N–H and O–H groups in total. The number of carbonyl (C=O) groups excluding carboxylic acids is 1. The second-order valence-electron chi connectivity index (χ2n) is 6.28. The first-order valence-corrected chi connectivity index (χ1v) is 9.25. The van der Waals surface area contributed by atoms with Gasteiger partial charge in [-0.1, -0.05) is 55.5 Å². The summed E-state index contributed by atoms with van der Waals surface area (Å²) < 4.78 is 0. The van der Waals surface area contributed by atoms with E-state index >= 15 is 0 Å². The van der Waals surface area contributed by atoms with Gasteiger partial charge in [0.1, 0.15) is 0 Å². The minimum atomic E-state index is -0.202. The summed E-state index contributed by atoms with van der Waals surface area (Å²) in [6.45, 7) is 2.84. The van der Waals surface area contributed by atoms with Crippen LogP contribution in [0, 0.1) is 0 Å². The molecule has 2 aromatic carbocycles. The molecule has 0 saturated heterocycles. The Morgan fingerprint density at radius 2 is 1.67 bits per heavy atom. The monoisotopic (exact) mass is 360 g/mol. The van der Waals surface area contributed by atoms with Crippen molar-refractivity contribution in [1.82, 2.24) is 9.97 Å². The zero-order chi connectivity index (χ0) is 18.9. The van der Waals surface area contributed by atoms with Crippen LogP contribution < -0.4 is 10.6 Å². The van der Waals surface area contributed by atoms with E-state index in [-0.39, 0.29) is 5.91 Å². The van der Waals surface area contributed by atoms with Crippen molar-refractivity contribution in [2.24, 2.45) is 0 Å². The molecule has 0 bridgehead atoms. The van der Waals surface area contributed by atoms with E-state index in [4.69, 9.17) is 0 Å². The van der Waals surface area contributed by atoms with Gasteiger partial charge in [0, 0.05) is 24.6 Å². The predicted molar refractivity (Wildman–Crippen MR) is 109 cm³/mol. The zero-order valence-corrected chi connectivity index (χ0v) is 15.5. The van der Waals surface area contributed by atoms with Crippen LogP contribution in [0.2, 0.25) is 0 Å². The van der Waals surface area contributed by atoms with Gasteiger partial charge in [-0.15, -0.1) is 0 Å². The number of carbonyl (C=O) groups is 1. The molecule has 0 spiro atoms. The first kappa shape index (κ1) is 18.6. The Morgan fingerprint density at radius 3 is 2.41 bits per heavy atom. The lowest BCUT2D eigenvalue weighted by atomic mass is 10.1. The Bertz CT molecular complexity index is 863. The van der Waals surface area contributed by atoms with E-state index in [2.05, 4.69) is 51.8 Å². The third-order valence-electron chi connectivity index (χ3n) is 4.33. The molecule has 0 aliphatic carbocycles. The number of para-hydroxylation sites is 1. The SMILES string of the molecule is CCc1ccccc1NC(=O)c1cnc(NCCCc2ccccc2)nc1. The number of anilines is 2. The zero-order valence-electron chi connectivity index (χ0n) is 15.5. The summed E-state index contributed by atoms with van der Waals surface area (Å²) in [6, 6.07) is 18.2. The highest BCUT2D eigenvalue weighted by Gasteiger charge is 2.09. The molecule has 0 fully saturated rings. The van der Waals surface area contributed by atoms with Crippen molar-refractivity contribution in [2.75, 3.05) is 17.2 Å². The largest absolute Gasteiger partial charge is 0.354 e. The second kappa shape index (κ2) is 9.48. The van der Waals surface area contributed by atoms with Crippen molar-refractivity contribution >= 4 is 17.5 Å². The predicted octanol–water partition coefficient (Wildman–Crippen LogP) is 4.34. The first-order chi connectivity index (χ1) is 13.3. The Morgan fingerprint density at radius 1 is 0.963 bits per heavy atom. The van der Waals surface area contributed by atoms with Gasteiger partial charge >= 0.3 is 0 Å². The Kier molecular flexibility index (Phi) is 6.52. The minimum absolute atomic E-state index is 0.202. The van der Waals surface area contributed by atoms with Crippen molar-refractivity contribution in [2.45, 2.75) is 26.2 Å². The molecule has 0 saturated carbocycles. The minimum Gasteiger partial charge on any atom is -0.354 e. The van der Waals surface area contributed by atoms with Crippen LogP contribution in [0.15, 0.2) is 67.0 Å². The third kappa shape index (κ3) is 5.38. The van der Waals surface area contributed by atoms with Crippen LogP contribution in [0.1, 0.15) is 34.8 Å². The highest BCUT2D eigenvalue weighted by molar-refractivity contribution is 6.04. The topological polar surface area (TPSA) is 66.9 Å². The van der Waals surface area contributed by atoms with Crippen molar-refractivity contribution in [3.05, 3.63) is 83.7 Å². The first-order valence-electron chi connectivity index (χ1n) is 9.25. The Balaban J connectivity index is 1.50.